The first-order chi connectivity index (χ1) is 12.2. The molecule has 1 atom stereocenters. The van der Waals surface area contributed by atoms with E-state index in [-0.39, 0.29) is 11.7 Å². The molecule has 2 heterocycles. The van der Waals surface area contributed by atoms with Crippen LogP contribution in [0.2, 0.25) is 0 Å². The van der Waals surface area contributed by atoms with Crippen LogP contribution in [0.1, 0.15) is 39.5 Å². The quantitative estimate of drug-likeness (QED) is 0.498. The van der Waals surface area contributed by atoms with Crippen molar-refractivity contribution in [3.63, 3.8) is 0 Å². The second-order valence-electron chi connectivity index (χ2n) is 5.93. The standard InChI is InChI=1S/C17H26N6OS/c1-3-5-7-13(4-2)10-20-15(24)12-25-17-22-21-16(23(17)18)14-8-6-9-19-11-14/h6,8-9,11,13H,3-5,7,10,12,18H2,1-2H3,(H,20,24)/t13-/m1/s1. The van der Waals surface area contributed by atoms with E-state index in [1.54, 1.807) is 12.4 Å². The number of unbranched alkanes of at least 4 members (excludes halogenated alkanes) is 1. The number of amides is 1. The topological polar surface area (TPSA) is 98.7 Å². The Kier molecular flexibility index (Phi) is 7.72. The highest BCUT2D eigenvalue weighted by Crippen LogP contribution is 2.20. The van der Waals surface area contributed by atoms with Gasteiger partial charge in [0, 0.05) is 24.5 Å². The van der Waals surface area contributed by atoms with Gasteiger partial charge in [0.15, 0.2) is 5.82 Å². The van der Waals surface area contributed by atoms with Crippen LogP contribution < -0.4 is 11.2 Å². The molecule has 0 saturated carbocycles. The van der Waals surface area contributed by atoms with Gasteiger partial charge in [-0.25, -0.2) is 4.68 Å². The van der Waals surface area contributed by atoms with Crippen LogP contribution in [0.25, 0.3) is 11.4 Å². The van der Waals surface area contributed by atoms with Crippen LogP contribution in [-0.2, 0) is 4.79 Å². The Morgan fingerprint density at radius 3 is 2.92 bits per heavy atom. The molecule has 2 aromatic heterocycles. The average molecular weight is 363 g/mol. The van der Waals surface area contributed by atoms with E-state index in [2.05, 4.69) is 34.3 Å². The predicted molar refractivity (Wildman–Crippen MR) is 100 cm³/mol. The summed E-state index contributed by atoms with van der Waals surface area (Å²) in [5, 5.41) is 11.6. The van der Waals surface area contributed by atoms with E-state index in [0.717, 1.165) is 24.9 Å². The maximum absolute atomic E-state index is 12.1. The first-order valence-electron chi connectivity index (χ1n) is 8.66. The van der Waals surface area contributed by atoms with E-state index in [9.17, 15) is 4.79 Å². The van der Waals surface area contributed by atoms with Gasteiger partial charge >= 0.3 is 0 Å². The van der Waals surface area contributed by atoms with Crippen LogP contribution in [0.5, 0.6) is 0 Å². The van der Waals surface area contributed by atoms with E-state index in [1.165, 1.54) is 29.3 Å². The second kappa shape index (κ2) is 10.0. The van der Waals surface area contributed by atoms with Crippen LogP contribution in [0.4, 0.5) is 0 Å². The van der Waals surface area contributed by atoms with Crippen molar-refractivity contribution in [2.45, 2.75) is 44.7 Å². The SMILES string of the molecule is CCCC[C@@H](CC)CNC(=O)CSc1nnc(-c2cccnc2)n1N. The number of hydrogen-bond acceptors (Lipinski definition) is 6. The summed E-state index contributed by atoms with van der Waals surface area (Å²) in [5.74, 6) is 7.37. The second-order valence-corrected chi connectivity index (χ2v) is 6.87. The molecular weight excluding hydrogens is 336 g/mol. The lowest BCUT2D eigenvalue weighted by Gasteiger charge is -2.15. The monoisotopic (exact) mass is 362 g/mol. The lowest BCUT2D eigenvalue weighted by Crippen LogP contribution is -2.30. The Bertz CT molecular complexity index is 660. The van der Waals surface area contributed by atoms with Gasteiger partial charge in [0.05, 0.1) is 5.75 Å². The molecule has 8 heteroatoms. The van der Waals surface area contributed by atoms with Crippen molar-refractivity contribution < 1.29 is 4.79 Å². The number of carbonyl (C=O) groups is 1. The maximum atomic E-state index is 12.1. The van der Waals surface area contributed by atoms with Crippen molar-refractivity contribution in [3.8, 4) is 11.4 Å². The molecule has 136 valence electrons. The van der Waals surface area contributed by atoms with Crippen molar-refractivity contribution in [1.29, 1.82) is 0 Å². The summed E-state index contributed by atoms with van der Waals surface area (Å²) in [4.78, 5) is 16.1. The molecule has 0 aliphatic heterocycles. The van der Waals surface area contributed by atoms with Crippen LogP contribution in [0, 0.1) is 5.92 Å². The fourth-order valence-corrected chi connectivity index (χ4v) is 3.14. The summed E-state index contributed by atoms with van der Waals surface area (Å²) >= 11 is 1.28. The fourth-order valence-electron chi connectivity index (χ4n) is 2.45. The molecule has 0 spiro atoms. The third-order valence-electron chi connectivity index (χ3n) is 4.05. The lowest BCUT2D eigenvalue weighted by atomic mass is 9.99. The van der Waals surface area contributed by atoms with E-state index in [0.29, 0.717) is 16.9 Å². The molecule has 2 rings (SSSR count). The zero-order valence-corrected chi connectivity index (χ0v) is 15.6. The molecule has 0 aliphatic rings. The third kappa shape index (κ3) is 5.74. The molecule has 0 fully saturated rings. The van der Waals surface area contributed by atoms with Crippen LogP contribution in [0.3, 0.4) is 0 Å². The Morgan fingerprint density at radius 1 is 1.40 bits per heavy atom. The van der Waals surface area contributed by atoms with Gasteiger partial charge in [-0.15, -0.1) is 10.2 Å². The van der Waals surface area contributed by atoms with Gasteiger partial charge in [0.25, 0.3) is 0 Å². The molecular formula is C17H26N6OS. The molecule has 3 N–H and O–H groups in total. The molecule has 25 heavy (non-hydrogen) atoms. The molecule has 0 radical (unpaired) electrons. The van der Waals surface area contributed by atoms with Gasteiger partial charge in [0.2, 0.25) is 11.1 Å². The van der Waals surface area contributed by atoms with Crippen molar-refractivity contribution in [1.82, 2.24) is 25.2 Å². The zero-order chi connectivity index (χ0) is 18.1. The maximum Gasteiger partial charge on any atom is 0.230 e. The number of aromatic nitrogens is 4. The predicted octanol–water partition coefficient (Wildman–Crippen LogP) is 2.48. The normalized spacial score (nSPS) is 12.1. The molecule has 0 saturated heterocycles. The van der Waals surface area contributed by atoms with Gasteiger partial charge in [-0.3, -0.25) is 9.78 Å². The lowest BCUT2D eigenvalue weighted by molar-refractivity contribution is -0.118. The van der Waals surface area contributed by atoms with Gasteiger partial charge < -0.3 is 11.2 Å². The van der Waals surface area contributed by atoms with E-state index < -0.39 is 0 Å². The van der Waals surface area contributed by atoms with E-state index in [4.69, 9.17) is 5.84 Å². The first kappa shape index (κ1) is 19.2. The minimum Gasteiger partial charge on any atom is -0.355 e. The number of nitrogens with zero attached hydrogens (tertiary/aromatic N) is 4. The number of rotatable bonds is 10. The fraction of sp³-hybridized carbons (Fsp3) is 0.529. The smallest absolute Gasteiger partial charge is 0.230 e. The molecule has 0 bridgehead atoms. The Balaban J connectivity index is 1.83. The number of nitrogens with one attached hydrogen (secondary N) is 1. The van der Waals surface area contributed by atoms with Crippen molar-refractivity contribution in [2.24, 2.45) is 5.92 Å². The zero-order valence-electron chi connectivity index (χ0n) is 14.8. The highest BCUT2D eigenvalue weighted by Gasteiger charge is 2.14. The molecule has 0 aliphatic carbocycles. The minimum atomic E-state index is -0.00845. The minimum absolute atomic E-state index is 0.00845. The number of pyridine rings is 1. The summed E-state index contributed by atoms with van der Waals surface area (Å²) in [6.45, 7) is 5.08. The van der Waals surface area contributed by atoms with Gasteiger partial charge in [0.1, 0.15) is 0 Å². The van der Waals surface area contributed by atoms with Gasteiger partial charge in [-0.05, 0) is 24.5 Å². The Labute approximate surface area is 152 Å². The van der Waals surface area contributed by atoms with Crippen LogP contribution in [0.15, 0.2) is 29.7 Å². The third-order valence-corrected chi connectivity index (χ3v) is 4.99. The summed E-state index contributed by atoms with van der Waals surface area (Å²) < 4.78 is 1.39. The molecule has 7 nitrogen and oxygen atoms in total. The largest absolute Gasteiger partial charge is 0.355 e. The first-order valence-corrected chi connectivity index (χ1v) is 9.64. The number of thioether (sulfide) groups is 1. The van der Waals surface area contributed by atoms with E-state index >= 15 is 0 Å². The van der Waals surface area contributed by atoms with Crippen LogP contribution in [-0.4, -0.2) is 38.1 Å². The number of hydrogen-bond donors (Lipinski definition) is 2. The molecule has 0 aromatic carbocycles. The summed E-state index contributed by atoms with van der Waals surface area (Å²) in [6, 6.07) is 3.68. The van der Waals surface area contributed by atoms with Crippen molar-refractivity contribution in [2.75, 3.05) is 18.1 Å². The van der Waals surface area contributed by atoms with Crippen molar-refractivity contribution in [3.05, 3.63) is 24.5 Å². The molecule has 1 amide bonds. The number of nitrogens with two attached hydrogens (primary N) is 1. The summed E-state index contributed by atoms with van der Waals surface area (Å²) in [5.41, 5.74) is 0.788. The number of carbonyl (C=O) groups excluding carboxylic acids is 1. The van der Waals surface area contributed by atoms with Gasteiger partial charge in [-0.1, -0.05) is 44.9 Å². The van der Waals surface area contributed by atoms with E-state index in [1.807, 2.05) is 12.1 Å². The highest BCUT2D eigenvalue weighted by molar-refractivity contribution is 7.99. The number of nitrogen functional groups attached to an aromatic ring is 1. The molecule has 0 unspecified atom stereocenters. The highest BCUT2D eigenvalue weighted by atomic mass is 32.2. The Morgan fingerprint density at radius 2 is 2.24 bits per heavy atom. The molecule has 2 aromatic rings. The average Bonchev–Trinajstić information content (AvgIpc) is 3.01. The summed E-state index contributed by atoms with van der Waals surface area (Å²) in [7, 11) is 0. The summed E-state index contributed by atoms with van der Waals surface area (Å²) in [6.07, 6.45) is 7.99. The van der Waals surface area contributed by atoms with Gasteiger partial charge in [-0.2, -0.15) is 0 Å². The van der Waals surface area contributed by atoms with Crippen LogP contribution >= 0.6 is 11.8 Å². The Hall–Kier alpha value is -2.09. The van der Waals surface area contributed by atoms with Crippen molar-refractivity contribution >= 4 is 17.7 Å².